The van der Waals surface area contributed by atoms with Gasteiger partial charge in [0.05, 0.1) is 17.1 Å². The van der Waals surface area contributed by atoms with E-state index < -0.39 is 18.0 Å². The van der Waals surface area contributed by atoms with Crippen LogP contribution in [-0.4, -0.2) is 29.6 Å². The van der Waals surface area contributed by atoms with E-state index in [-0.39, 0.29) is 16.9 Å². The quantitative estimate of drug-likeness (QED) is 0.593. The minimum absolute atomic E-state index is 0.161. The minimum atomic E-state index is -4.55. The average Bonchev–Trinajstić information content (AvgIpc) is 3.11. The van der Waals surface area contributed by atoms with Crippen LogP contribution in [0.25, 0.3) is 11.0 Å². The van der Waals surface area contributed by atoms with E-state index in [2.05, 4.69) is 15.3 Å². The standard InChI is InChI=1S/C20H20F3N3O2/c1-28-11-5-8-17(27)26-18(13-6-3-2-4-7-13)14-9-10-15-16(12-14)25-19(24-15)20(21,22)23/h2-4,6-7,9-10,12,18H,5,8,11H2,1H3,(H,24,25)(H,26,27)/t18-/m0/s1. The smallest absolute Gasteiger partial charge is 0.385 e. The molecule has 1 aromatic heterocycles. The first-order chi connectivity index (χ1) is 13.4. The molecule has 3 rings (SSSR count). The molecule has 0 saturated carbocycles. The summed E-state index contributed by atoms with van der Waals surface area (Å²) in [5.74, 6) is -1.20. The third-order valence-electron chi connectivity index (χ3n) is 4.30. The van der Waals surface area contributed by atoms with Crippen LogP contribution in [0, 0.1) is 0 Å². The van der Waals surface area contributed by atoms with Crippen molar-refractivity contribution in [2.75, 3.05) is 13.7 Å². The Hall–Kier alpha value is -2.87. The summed E-state index contributed by atoms with van der Waals surface area (Å²) in [6.07, 6.45) is -3.67. The van der Waals surface area contributed by atoms with Crippen LogP contribution in [0.3, 0.4) is 0 Å². The lowest BCUT2D eigenvalue weighted by molar-refractivity contribution is -0.144. The Morgan fingerprint density at radius 2 is 1.93 bits per heavy atom. The summed E-state index contributed by atoms with van der Waals surface area (Å²) in [6, 6.07) is 13.6. The van der Waals surface area contributed by atoms with E-state index in [0.29, 0.717) is 25.0 Å². The van der Waals surface area contributed by atoms with Crippen LogP contribution >= 0.6 is 0 Å². The van der Waals surface area contributed by atoms with E-state index in [1.807, 2.05) is 30.3 Å². The largest absolute Gasteiger partial charge is 0.449 e. The van der Waals surface area contributed by atoms with E-state index >= 15 is 0 Å². The fraction of sp³-hybridized carbons (Fsp3) is 0.300. The number of alkyl halides is 3. The second kappa shape index (κ2) is 8.43. The summed E-state index contributed by atoms with van der Waals surface area (Å²) >= 11 is 0. The highest BCUT2D eigenvalue weighted by atomic mass is 19.4. The van der Waals surface area contributed by atoms with Crippen LogP contribution in [-0.2, 0) is 15.7 Å². The molecule has 1 amide bonds. The van der Waals surface area contributed by atoms with Gasteiger partial charge in [-0.3, -0.25) is 4.79 Å². The van der Waals surface area contributed by atoms with Gasteiger partial charge >= 0.3 is 6.18 Å². The lowest BCUT2D eigenvalue weighted by Gasteiger charge is -2.20. The number of benzene rings is 2. The maximum Gasteiger partial charge on any atom is 0.449 e. The first-order valence-corrected chi connectivity index (χ1v) is 8.78. The van der Waals surface area contributed by atoms with E-state index in [4.69, 9.17) is 4.74 Å². The number of ether oxygens (including phenoxy) is 1. The highest BCUT2D eigenvalue weighted by Gasteiger charge is 2.34. The summed E-state index contributed by atoms with van der Waals surface area (Å²) < 4.78 is 43.7. The average molecular weight is 391 g/mol. The minimum Gasteiger partial charge on any atom is -0.385 e. The number of carbonyl (C=O) groups excluding carboxylic acids is 1. The normalized spacial score (nSPS) is 12.9. The van der Waals surface area contributed by atoms with Crippen molar-refractivity contribution in [3.63, 3.8) is 0 Å². The van der Waals surface area contributed by atoms with Crippen molar-refractivity contribution in [2.45, 2.75) is 25.1 Å². The molecule has 1 heterocycles. The first-order valence-electron chi connectivity index (χ1n) is 8.78. The fourth-order valence-electron chi connectivity index (χ4n) is 2.96. The predicted octanol–water partition coefficient (Wildman–Crippen LogP) is 4.21. The molecule has 5 nitrogen and oxygen atoms in total. The Labute approximate surface area is 159 Å². The van der Waals surface area contributed by atoms with Gasteiger partial charge in [-0.2, -0.15) is 13.2 Å². The zero-order valence-electron chi connectivity index (χ0n) is 15.2. The number of fused-ring (bicyclic) bond motifs is 1. The Kier molecular flexibility index (Phi) is 5.99. The second-order valence-electron chi connectivity index (χ2n) is 6.37. The number of rotatable bonds is 7. The number of aromatic amines is 1. The highest BCUT2D eigenvalue weighted by molar-refractivity contribution is 5.79. The predicted molar refractivity (Wildman–Crippen MR) is 98.6 cm³/mol. The van der Waals surface area contributed by atoms with Gasteiger partial charge in [0.2, 0.25) is 11.7 Å². The van der Waals surface area contributed by atoms with Gasteiger partial charge in [0, 0.05) is 20.1 Å². The fourth-order valence-corrected chi connectivity index (χ4v) is 2.96. The molecule has 3 aromatic rings. The van der Waals surface area contributed by atoms with Gasteiger partial charge in [-0.05, 0) is 29.7 Å². The number of hydrogen-bond donors (Lipinski definition) is 2. The number of halogens is 3. The second-order valence-corrected chi connectivity index (χ2v) is 6.37. The van der Waals surface area contributed by atoms with Crippen LogP contribution in [0.2, 0.25) is 0 Å². The lowest BCUT2D eigenvalue weighted by atomic mass is 9.98. The van der Waals surface area contributed by atoms with E-state index in [0.717, 1.165) is 5.56 Å². The van der Waals surface area contributed by atoms with E-state index in [1.165, 1.54) is 6.07 Å². The number of H-pyrrole nitrogens is 1. The molecule has 0 spiro atoms. The van der Waals surface area contributed by atoms with Gasteiger partial charge in [0.1, 0.15) is 0 Å². The Balaban J connectivity index is 1.92. The monoisotopic (exact) mass is 391 g/mol. The van der Waals surface area contributed by atoms with Crippen molar-refractivity contribution < 1.29 is 22.7 Å². The number of imidazole rings is 1. The SMILES string of the molecule is COCCCC(=O)N[C@@H](c1ccccc1)c1ccc2nc(C(F)(F)F)[nH]c2c1. The van der Waals surface area contributed by atoms with Crippen LogP contribution in [0.1, 0.15) is 35.8 Å². The molecule has 8 heteroatoms. The number of methoxy groups -OCH3 is 1. The molecule has 0 saturated heterocycles. The van der Waals surface area contributed by atoms with Crippen LogP contribution < -0.4 is 5.32 Å². The van der Waals surface area contributed by atoms with Crippen molar-refractivity contribution in [2.24, 2.45) is 0 Å². The Morgan fingerprint density at radius 1 is 1.18 bits per heavy atom. The van der Waals surface area contributed by atoms with Gasteiger partial charge < -0.3 is 15.0 Å². The zero-order valence-corrected chi connectivity index (χ0v) is 15.2. The summed E-state index contributed by atoms with van der Waals surface area (Å²) in [7, 11) is 1.57. The Bertz CT molecular complexity index is 939. The summed E-state index contributed by atoms with van der Waals surface area (Å²) in [6.45, 7) is 0.476. The van der Waals surface area contributed by atoms with Crippen molar-refractivity contribution in [1.82, 2.24) is 15.3 Å². The molecule has 2 aromatic carbocycles. The van der Waals surface area contributed by atoms with Crippen molar-refractivity contribution >= 4 is 16.9 Å². The molecular formula is C20H20F3N3O2. The number of nitrogens with one attached hydrogen (secondary N) is 2. The molecule has 1 atom stereocenters. The molecule has 0 radical (unpaired) electrons. The molecule has 0 aliphatic heterocycles. The van der Waals surface area contributed by atoms with Gasteiger partial charge in [0.25, 0.3) is 0 Å². The Morgan fingerprint density at radius 3 is 2.61 bits per heavy atom. The third-order valence-corrected chi connectivity index (χ3v) is 4.30. The van der Waals surface area contributed by atoms with Crippen LogP contribution in [0.4, 0.5) is 13.2 Å². The molecule has 2 N–H and O–H groups in total. The summed E-state index contributed by atoms with van der Waals surface area (Å²) in [4.78, 5) is 18.2. The molecule has 0 aliphatic rings. The van der Waals surface area contributed by atoms with E-state index in [9.17, 15) is 18.0 Å². The zero-order chi connectivity index (χ0) is 20.1. The number of nitrogens with zero attached hydrogens (tertiary/aromatic N) is 1. The highest BCUT2D eigenvalue weighted by Crippen LogP contribution is 2.30. The summed E-state index contributed by atoms with van der Waals surface area (Å²) in [5, 5.41) is 2.96. The molecule has 0 fully saturated rings. The summed E-state index contributed by atoms with van der Waals surface area (Å²) in [5.41, 5.74) is 1.97. The maximum atomic E-state index is 12.9. The molecule has 28 heavy (non-hydrogen) atoms. The number of amides is 1. The third kappa shape index (κ3) is 4.69. The number of hydrogen-bond acceptors (Lipinski definition) is 3. The number of carbonyl (C=O) groups is 1. The van der Waals surface area contributed by atoms with Crippen molar-refractivity contribution in [3.8, 4) is 0 Å². The van der Waals surface area contributed by atoms with Gasteiger partial charge in [-0.1, -0.05) is 36.4 Å². The molecule has 0 bridgehead atoms. The number of aromatic nitrogens is 2. The maximum absolute atomic E-state index is 12.9. The topological polar surface area (TPSA) is 67.0 Å². The van der Waals surface area contributed by atoms with Crippen LogP contribution in [0.5, 0.6) is 0 Å². The van der Waals surface area contributed by atoms with E-state index in [1.54, 1.807) is 19.2 Å². The molecular weight excluding hydrogens is 371 g/mol. The van der Waals surface area contributed by atoms with Crippen LogP contribution in [0.15, 0.2) is 48.5 Å². The lowest BCUT2D eigenvalue weighted by Crippen LogP contribution is -2.29. The van der Waals surface area contributed by atoms with Crippen molar-refractivity contribution in [1.29, 1.82) is 0 Å². The molecule has 0 unspecified atom stereocenters. The van der Waals surface area contributed by atoms with Gasteiger partial charge in [-0.15, -0.1) is 0 Å². The molecule has 148 valence electrons. The molecule has 0 aliphatic carbocycles. The first kappa shape index (κ1) is 19.9. The van der Waals surface area contributed by atoms with Crippen molar-refractivity contribution in [3.05, 3.63) is 65.5 Å². The van der Waals surface area contributed by atoms with Gasteiger partial charge in [0.15, 0.2) is 0 Å². The van der Waals surface area contributed by atoms with Gasteiger partial charge in [-0.25, -0.2) is 4.98 Å².